The van der Waals surface area contributed by atoms with Crippen molar-refractivity contribution in [2.45, 2.75) is 44.2 Å². The summed E-state index contributed by atoms with van der Waals surface area (Å²) < 4.78 is 0. The zero-order valence-electron chi connectivity index (χ0n) is 24.3. The zero-order chi connectivity index (χ0) is 29.7. The van der Waals surface area contributed by atoms with Gasteiger partial charge in [0.1, 0.15) is 0 Å². The van der Waals surface area contributed by atoms with Crippen LogP contribution < -0.4 is 22.1 Å². The first-order valence-electron chi connectivity index (χ1n) is 14.6. The quantitative estimate of drug-likeness (QED) is 0.115. The van der Waals surface area contributed by atoms with Crippen LogP contribution in [0.5, 0.6) is 0 Å². The van der Waals surface area contributed by atoms with Crippen molar-refractivity contribution in [3.05, 3.63) is 113 Å². The number of amides is 2. The van der Waals surface area contributed by atoms with Crippen LogP contribution in [0.3, 0.4) is 0 Å². The Bertz CT molecular complexity index is 1320. The summed E-state index contributed by atoms with van der Waals surface area (Å²) in [4.78, 5) is 32.6. The second-order valence-corrected chi connectivity index (χ2v) is 10.8. The van der Waals surface area contributed by atoms with Gasteiger partial charge in [-0.15, -0.1) is 0 Å². The van der Waals surface area contributed by atoms with Gasteiger partial charge >= 0.3 is 0 Å². The Morgan fingerprint density at radius 3 is 2.38 bits per heavy atom. The van der Waals surface area contributed by atoms with Gasteiger partial charge in [0.25, 0.3) is 0 Å². The van der Waals surface area contributed by atoms with E-state index in [1.807, 2.05) is 78.6 Å². The largest absolute Gasteiger partial charge is 0.370 e. The second-order valence-electron chi connectivity index (χ2n) is 10.8. The minimum Gasteiger partial charge on any atom is -0.370 e. The molecule has 0 saturated carbocycles. The van der Waals surface area contributed by atoms with Crippen molar-refractivity contribution in [1.82, 2.24) is 15.5 Å². The summed E-state index contributed by atoms with van der Waals surface area (Å²) in [5, 5.41) is 6.55. The number of aliphatic imine (C=N–C) groups is 1. The summed E-state index contributed by atoms with van der Waals surface area (Å²) in [7, 11) is 0. The highest BCUT2D eigenvalue weighted by Gasteiger charge is 2.32. The van der Waals surface area contributed by atoms with Crippen LogP contribution in [0.2, 0.25) is 0 Å². The standard InChI is InChI=1S/C34H42N6O2/c1-25-10-8-11-26(22-25)17-18-32(41)38-23-29-19-21-40(33(42)31(39-29)16-9-20-37-34(35)36)24-30(27-12-4-2-5-13-27)28-14-6-3-7-15-28/h2-8,10-15,17-18,22,29-31,39H,9,16,19-21,23-24H2,1H3,(H,38,41)(H4,35,36,37)/b18-17+/t29-,31-/m0/s1. The lowest BCUT2D eigenvalue weighted by Gasteiger charge is -2.29. The number of hydrogen-bond acceptors (Lipinski definition) is 4. The maximum atomic E-state index is 13.9. The van der Waals surface area contributed by atoms with Gasteiger partial charge in [-0.2, -0.15) is 0 Å². The Hall–Kier alpha value is -4.43. The van der Waals surface area contributed by atoms with E-state index in [-0.39, 0.29) is 29.7 Å². The fourth-order valence-corrected chi connectivity index (χ4v) is 5.36. The predicted molar refractivity (Wildman–Crippen MR) is 170 cm³/mol. The molecular weight excluding hydrogens is 524 g/mol. The monoisotopic (exact) mass is 566 g/mol. The van der Waals surface area contributed by atoms with Crippen molar-refractivity contribution >= 4 is 23.8 Å². The number of carbonyl (C=O) groups is 2. The average molecular weight is 567 g/mol. The van der Waals surface area contributed by atoms with E-state index in [1.165, 1.54) is 11.1 Å². The first kappa shape index (κ1) is 30.5. The van der Waals surface area contributed by atoms with Crippen LogP contribution in [-0.4, -0.2) is 60.9 Å². The smallest absolute Gasteiger partial charge is 0.244 e. The number of benzene rings is 3. The minimum absolute atomic E-state index is 0.0432. The molecule has 220 valence electrons. The third kappa shape index (κ3) is 9.31. The molecule has 4 rings (SSSR count). The Morgan fingerprint density at radius 2 is 1.74 bits per heavy atom. The average Bonchev–Trinajstić information content (AvgIpc) is 3.14. The Morgan fingerprint density at radius 1 is 1.05 bits per heavy atom. The number of carbonyl (C=O) groups excluding carboxylic acids is 2. The summed E-state index contributed by atoms with van der Waals surface area (Å²) in [5.41, 5.74) is 15.5. The van der Waals surface area contributed by atoms with Crippen molar-refractivity contribution in [3.63, 3.8) is 0 Å². The van der Waals surface area contributed by atoms with Crippen LogP contribution in [0.25, 0.3) is 6.08 Å². The molecule has 0 unspecified atom stereocenters. The number of rotatable bonds is 12. The molecule has 1 fully saturated rings. The van der Waals surface area contributed by atoms with Crippen molar-refractivity contribution in [2.75, 3.05) is 26.2 Å². The highest BCUT2D eigenvalue weighted by atomic mass is 16.2. The first-order chi connectivity index (χ1) is 20.4. The van der Waals surface area contributed by atoms with Crippen LogP contribution in [0.1, 0.15) is 47.4 Å². The molecule has 3 aromatic rings. The van der Waals surface area contributed by atoms with E-state index < -0.39 is 6.04 Å². The molecule has 1 aliphatic rings. The van der Waals surface area contributed by atoms with Gasteiger partial charge in [0, 0.05) is 44.2 Å². The molecule has 0 aromatic heterocycles. The van der Waals surface area contributed by atoms with Crippen molar-refractivity contribution in [2.24, 2.45) is 16.5 Å². The predicted octanol–water partition coefficient (Wildman–Crippen LogP) is 3.57. The molecule has 8 nitrogen and oxygen atoms in total. The number of hydrogen-bond donors (Lipinski definition) is 4. The van der Waals surface area contributed by atoms with E-state index in [2.05, 4.69) is 39.9 Å². The van der Waals surface area contributed by atoms with Gasteiger partial charge in [-0.1, -0.05) is 90.5 Å². The molecular formula is C34H42N6O2. The molecule has 2 amide bonds. The van der Waals surface area contributed by atoms with Crippen molar-refractivity contribution in [1.29, 1.82) is 0 Å². The number of aryl methyl sites for hydroxylation is 1. The van der Waals surface area contributed by atoms with Crippen LogP contribution in [-0.2, 0) is 9.59 Å². The van der Waals surface area contributed by atoms with E-state index in [1.54, 1.807) is 6.08 Å². The molecule has 1 aliphatic heterocycles. The first-order valence-corrected chi connectivity index (χ1v) is 14.6. The van der Waals surface area contributed by atoms with E-state index in [0.717, 1.165) is 11.1 Å². The molecule has 0 spiro atoms. The van der Waals surface area contributed by atoms with Gasteiger partial charge in [0.05, 0.1) is 6.04 Å². The van der Waals surface area contributed by atoms with Crippen molar-refractivity contribution < 1.29 is 9.59 Å². The molecule has 1 saturated heterocycles. The fraction of sp³-hybridized carbons (Fsp3) is 0.324. The highest BCUT2D eigenvalue weighted by Crippen LogP contribution is 2.27. The fourth-order valence-electron chi connectivity index (χ4n) is 5.36. The number of nitrogens with one attached hydrogen (secondary N) is 2. The number of nitrogens with two attached hydrogens (primary N) is 2. The van der Waals surface area contributed by atoms with Gasteiger partial charge in [0.15, 0.2) is 5.96 Å². The summed E-state index contributed by atoms with van der Waals surface area (Å²) in [5.74, 6) is -0.0145. The van der Waals surface area contributed by atoms with Crippen molar-refractivity contribution in [3.8, 4) is 0 Å². The maximum absolute atomic E-state index is 13.9. The third-order valence-electron chi connectivity index (χ3n) is 7.54. The molecule has 0 radical (unpaired) electrons. The minimum atomic E-state index is -0.404. The lowest BCUT2D eigenvalue weighted by molar-refractivity contribution is -0.133. The summed E-state index contributed by atoms with van der Waals surface area (Å²) >= 11 is 0. The van der Waals surface area contributed by atoms with E-state index in [9.17, 15) is 9.59 Å². The molecule has 3 aromatic carbocycles. The van der Waals surface area contributed by atoms with Crippen LogP contribution >= 0.6 is 0 Å². The molecule has 0 bridgehead atoms. The van der Waals surface area contributed by atoms with E-state index >= 15 is 0 Å². The van der Waals surface area contributed by atoms with E-state index in [0.29, 0.717) is 45.4 Å². The molecule has 0 aliphatic carbocycles. The van der Waals surface area contributed by atoms with Crippen LogP contribution in [0.15, 0.2) is 96.0 Å². The molecule has 1 heterocycles. The third-order valence-corrected chi connectivity index (χ3v) is 7.54. The Balaban J connectivity index is 1.46. The number of guanidine groups is 1. The number of nitrogens with zero attached hydrogens (tertiary/aromatic N) is 2. The molecule has 8 heteroatoms. The van der Waals surface area contributed by atoms with Gasteiger partial charge in [-0.05, 0) is 49.0 Å². The normalized spacial score (nSPS) is 17.3. The van der Waals surface area contributed by atoms with Gasteiger partial charge < -0.3 is 27.0 Å². The lowest BCUT2D eigenvalue weighted by atomic mass is 9.90. The molecule has 6 N–H and O–H groups in total. The summed E-state index contributed by atoms with van der Waals surface area (Å²) in [6.45, 7) is 4.05. The summed E-state index contributed by atoms with van der Waals surface area (Å²) in [6.07, 6.45) is 5.33. The molecule has 2 atom stereocenters. The zero-order valence-corrected chi connectivity index (χ0v) is 24.3. The van der Waals surface area contributed by atoms with Crippen LogP contribution in [0.4, 0.5) is 0 Å². The van der Waals surface area contributed by atoms with Gasteiger partial charge in [0.2, 0.25) is 11.8 Å². The second kappa shape index (κ2) is 15.5. The maximum Gasteiger partial charge on any atom is 0.244 e. The lowest BCUT2D eigenvalue weighted by Crippen LogP contribution is -2.49. The molecule has 42 heavy (non-hydrogen) atoms. The van der Waals surface area contributed by atoms with Gasteiger partial charge in [-0.3, -0.25) is 14.6 Å². The van der Waals surface area contributed by atoms with Gasteiger partial charge in [-0.25, -0.2) is 0 Å². The van der Waals surface area contributed by atoms with Crippen LogP contribution in [0, 0.1) is 6.92 Å². The summed E-state index contributed by atoms with van der Waals surface area (Å²) in [6, 6.07) is 28.2. The Kier molecular flexibility index (Phi) is 11.3. The Labute approximate surface area is 248 Å². The highest BCUT2D eigenvalue weighted by molar-refractivity contribution is 5.91. The topological polar surface area (TPSA) is 126 Å². The SMILES string of the molecule is Cc1cccc(/C=C/C(=O)NC[C@@H]2CCN(CC(c3ccccc3)c3ccccc3)C(=O)[C@H](CCCN=C(N)N)N2)c1. The van der Waals surface area contributed by atoms with E-state index in [4.69, 9.17) is 11.5 Å².